The van der Waals surface area contributed by atoms with Gasteiger partial charge in [0.05, 0.1) is 17.9 Å². The molecule has 1 aromatic carbocycles. The fourth-order valence-electron chi connectivity index (χ4n) is 2.54. The van der Waals surface area contributed by atoms with E-state index in [1.165, 1.54) is 13.0 Å². The van der Waals surface area contributed by atoms with E-state index in [4.69, 9.17) is 9.15 Å². The maximum Gasteiger partial charge on any atom is 0.338 e. The molecule has 1 amide bonds. The summed E-state index contributed by atoms with van der Waals surface area (Å²) in [4.78, 5) is 24.2. The van der Waals surface area contributed by atoms with Crippen molar-refractivity contribution in [1.29, 1.82) is 5.26 Å². The van der Waals surface area contributed by atoms with Crippen LogP contribution >= 0.6 is 11.3 Å². The minimum Gasteiger partial charge on any atom is -0.462 e. The number of hydrogen-bond acceptors (Lipinski definition) is 10. The average Bonchev–Trinajstić information content (AvgIpc) is 3.48. The lowest BCUT2D eigenvalue weighted by Gasteiger charge is -2.02. The smallest absolute Gasteiger partial charge is 0.338 e. The van der Waals surface area contributed by atoms with Gasteiger partial charge in [0.15, 0.2) is 0 Å². The largest absolute Gasteiger partial charge is 0.462 e. The van der Waals surface area contributed by atoms with Crippen LogP contribution in [-0.2, 0) is 19.4 Å². The standard InChI is InChI=1S/C21H18N4O6S2/c1-3-30-19(27)14-7-5-13(6-8-14)17-10-9-16(31-17)11-15(12-22)18(26)23-20-24-25-21(32-20)33(28,29)4-2/h5-11H,3-4H2,1-2H3,(H,23,24,26). The van der Waals surface area contributed by atoms with Crippen LogP contribution in [0.4, 0.5) is 5.13 Å². The minimum atomic E-state index is -3.55. The summed E-state index contributed by atoms with van der Waals surface area (Å²) in [5.41, 5.74) is 0.815. The van der Waals surface area contributed by atoms with Crippen molar-refractivity contribution < 1.29 is 27.2 Å². The molecular weight excluding hydrogens is 468 g/mol. The van der Waals surface area contributed by atoms with Crippen molar-refractivity contribution in [3.05, 3.63) is 53.3 Å². The van der Waals surface area contributed by atoms with Crippen molar-refractivity contribution in [2.45, 2.75) is 18.2 Å². The Kier molecular flexibility index (Phi) is 7.37. The third kappa shape index (κ3) is 5.71. The molecule has 0 aliphatic rings. The van der Waals surface area contributed by atoms with Crippen LogP contribution in [0.25, 0.3) is 17.4 Å². The number of hydrogen-bond donors (Lipinski definition) is 1. The van der Waals surface area contributed by atoms with Crippen LogP contribution < -0.4 is 5.32 Å². The van der Waals surface area contributed by atoms with Crippen LogP contribution in [0.2, 0.25) is 0 Å². The summed E-state index contributed by atoms with van der Waals surface area (Å²) in [6.45, 7) is 3.47. The van der Waals surface area contributed by atoms with Crippen LogP contribution in [0, 0.1) is 11.3 Å². The number of benzene rings is 1. The van der Waals surface area contributed by atoms with Crippen LogP contribution in [-0.4, -0.2) is 42.9 Å². The van der Waals surface area contributed by atoms with E-state index in [9.17, 15) is 23.3 Å². The quantitative estimate of drug-likeness (QED) is 0.219. The molecule has 0 atom stereocenters. The molecule has 3 aromatic rings. The highest BCUT2D eigenvalue weighted by Crippen LogP contribution is 2.25. The predicted octanol–water partition coefficient (Wildman–Crippen LogP) is 3.31. The van der Waals surface area contributed by atoms with Crippen molar-refractivity contribution in [1.82, 2.24) is 10.2 Å². The van der Waals surface area contributed by atoms with Gasteiger partial charge in [-0.25, -0.2) is 13.2 Å². The number of esters is 1. The Morgan fingerprint density at radius 3 is 2.55 bits per heavy atom. The van der Waals surface area contributed by atoms with Gasteiger partial charge in [0.1, 0.15) is 23.2 Å². The highest BCUT2D eigenvalue weighted by atomic mass is 32.2. The number of furan rings is 1. The molecule has 0 aliphatic carbocycles. The topological polar surface area (TPSA) is 152 Å². The zero-order chi connectivity index (χ0) is 24.0. The fourth-order valence-corrected chi connectivity index (χ4v) is 4.52. The number of nitriles is 1. The number of aromatic nitrogens is 2. The Bertz CT molecular complexity index is 1350. The third-order valence-corrected chi connectivity index (χ3v) is 7.25. The van der Waals surface area contributed by atoms with E-state index >= 15 is 0 Å². The normalized spacial score (nSPS) is 11.6. The number of amides is 1. The molecule has 0 aliphatic heterocycles. The number of carbonyl (C=O) groups excluding carboxylic acids is 2. The van der Waals surface area contributed by atoms with Crippen molar-refractivity contribution in [3.63, 3.8) is 0 Å². The summed E-state index contributed by atoms with van der Waals surface area (Å²) in [5.74, 6) is -0.645. The summed E-state index contributed by atoms with van der Waals surface area (Å²) >= 11 is 0.699. The monoisotopic (exact) mass is 486 g/mol. The van der Waals surface area contributed by atoms with E-state index in [1.54, 1.807) is 49.4 Å². The predicted molar refractivity (Wildman–Crippen MR) is 120 cm³/mol. The highest BCUT2D eigenvalue weighted by molar-refractivity contribution is 7.93. The third-order valence-electron chi connectivity index (χ3n) is 4.23. The molecule has 3 rings (SSSR count). The van der Waals surface area contributed by atoms with Crippen LogP contribution in [0.15, 0.2) is 50.7 Å². The van der Waals surface area contributed by atoms with Gasteiger partial charge in [0.2, 0.25) is 19.3 Å². The second kappa shape index (κ2) is 10.2. The van der Waals surface area contributed by atoms with Gasteiger partial charge in [-0.3, -0.25) is 10.1 Å². The number of nitrogens with one attached hydrogen (secondary N) is 1. The maximum absolute atomic E-state index is 12.4. The molecule has 0 saturated carbocycles. The van der Waals surface area contributed by atoms with E-state index in [-0.39, 0.29) is 33.2 Å². The zero-order valence-electron chi connectivity index (χ0n) is 17.6. The zero-order valence-corrected chi connectivity index (χ0v) is 19.2. The molecule has 1 N–H and O–H groups in total. The van der Waals surface area contributed by atoms with E-state index in [0.717, 1.165) is 0 Å². The molecular formula is C21H18N4O6S2. The summed E-state index contributed by atoms with van der Waals surface area (Å²) in [6, 6.07) is 11.6. The molecule has 0 spiro atoms. The molecule has 0 saturated heterocycles. The maximum atomic E-state index is 12.4. The molecule has 10 nitrogen and oxygen atoms in total. The molecule has 0 fully saturated rings. The van der Waals surface area contributed by atoms with Crippen molar-refractivity contribution in [2.75, 3.05) is 17.7 Å². The number of carbonyl (C=O) groups is 2. The first-order chi connectivity index (χ1) is 15.8. The van der Waals surface area contributed by atoms with E-state index < -0.39 is 21.7 Å². The Hall–Kier alpha value is -3.82. The Labute approximate surface area is 193 Å². The second-order valence-corrected chi connectivity index (χ2v) is 9.83. The summed E-state index contributed by atoms with van der Waals surface area (Å²) in [6.07, 6.45) is 1.25. The average molecular weight is 487 g/mol. The molecule has 2 aromatic heterocycles. The number of nitrogens with zero attached hydrogens (tertiary/aromatic N) is 3. The van der Waals surface area contributed by atoms with Crippen molar-refractivity contribution >= 4 is 44.3 Å². The number of sulfone groups is 1. The van der Waals surface area contributed by atoms with E-state index in [2.05, 4.69) is 15.5 Å². The van der Waals surface area contributed by atoms with Crippen LogP contribution in [0.1, 0.15) is 30.0 Å². The second-order valence-electron chi connectivity index (χ2n) is 6.40. The molecule has 0 radical (unpaired) electrons. The van der Waals surface area contributed by atoms with E-state index in [0.29, 0.717) is 28.2 Å². The lowest BCUT2D eigenvalue weighted by molar-refractivity contribution is -0.112. The van der Waals surface area contributed by atoms with Crippen LogP contribution in [0.5, 0.6) is 0 Å². The first-order valence-corrected chi connectivity index (χ1v) is 12.1. The first kappa shape index (κ1) is 23.8. The number of rotatable bonds is 8. The molecule has 33 heavy (non-hydrogen) atoms. The molecule has 2 heterocycles. The Morgan fingerprint density at radius 1 is 1.18 bits per heavy atom. The van der Waals surface area contributed by atoms with Gasteiger partial charge in [-0.05, 0) is 31.2 Å². The van der Waals surface area contributed by atoms with Crippen LogP contribution in [0.3, 0.4) is 0 Å². The van der Waals surface area contributed by atoms with Gasteiger partial charge in [-0.15, -0.1) is 10.2 Å². The lowest BCUT2D eigenvalue weighted by atomic mass is 10.1. The van der Waals surface area contributed by atoms with E-state index in [1.807, 2.05) is 0 Å². The molecule has 0 unspecified atom stereocenters. The lowest BCUT2D eigenvalue weighted by Crippen LogP contribution is -2.13. The Morgan fingerprint density at radius 2 is 1.91 bits per heavy atom. The van der Waals surface area contributed by atoms with Gasteiger partial charge in [-0.2, -0.15) is 5.26 Å². The SMILES string of the molecule is CCOC(=O)c1ccc(-c2ccc(C=C(C#N)C(=O)Nc3nnc(S(=O)(=O)CC)s3)o2)cc1. The number of anilines is 1. The summed E-state index contributed by atoms with van der Waals surface area (Å²) in [5, 5.41) is 18.9. The van der Waals surface area contributed by atoms with Gasteiger partial charge in [-0.1, -0.05) is 30.4 Å². The molecule has 170 valence electrons. The molecule has 12 heteroatoms. The first-order valence-electron chi connectivity index (χ1n) is 9.64. The summed E-state index contributed by atoms with van der Waals surface area (Å²) < 4.78 is 34.1. The van der Waals surface area contributed by atoms with Gasteiger partial charge < -0.3 is 9.15 Å². The van der Waals surface area contributed by atoms with Crippen molar-refractivity contribution in [3.8, 4) is 17.4 Å². The van der Waals surface area contributed by atoms with Gasteiger partial charge in [0, 0.05) is 11.6 Å². The highest BCUT2D eigenvalue weighted by Gasteiger charge is 2.20. The minimum absolute atomic E-state index is 0.0463. The van der Waals surface area contributed by atoms with Gasteiger partial charge in [0.25, 0.3) is 5.91 Å². The molecule has 0 bridgehead atoms. The van der Waals surface area contributed by atoms with Gasteiger partial charge >= 0.3 is 5.97 Å². The number of ether oxygens (including phenoxy) is 1. The fraction of sp³-hybridized carbons (Fsp3) is 0.190. The summed E-state index contributed by atoms with van der Waals surface area (Å²) in [7, 11) is -3.55. The Balaban J connectivity index is 1.74. The van der Waals surface area contributed by atoms with Crippen molar-refractivity contribution in [2.24, 2.45) is 0 Å².